The van der Waals surface area contributed by atoms with Crippen molar-refractivity contribution in [3.05, 3.63) is 34.7 Å². The van der Waals surface area contributed by atoms with Crippen molar-refractivity contribution < 1.29 is 9.53 Å². The number of carbonyl (C=O) groups excluding carboxylic acids is 1. The molecular formula is C16H21N5O2S. The fourth-order valence-electron chi connectivity index (χ4n) is 2.71. The van der Waals surface area contributed by atoms with Crippen molar-refractivity contribution in [2.45, 2.75) is 6.42 Å². The number of hydrogen-bond donors (Lipinski definition) is 0. The number of rotatable bonds is 4. The van der Waals surface area contributed by atoms with Crippen LogP contribution in [0.5, 0.6) is 0 Å². The van der Waals surface area contributed by atoms with Crippen LogP contribution in [0.1, 0.15) is 16.2 Å². The van der Waals surface area contributed by atoms with E-state index in [0.29, 0.717) is 32.0 Å². The number of ether oxygens (including phenoxy) is 1. The Balaban J connectivity index is 1.69. The minimum absolute atomic E-state index is 0.0246. The lowest BCUT2D eigenvalue weighted by molar-refractivity contribution is 0.0732. The normalized spacial score (nSPS) is 18.2. The van der Waals surface area contributed by atoms with E-state index in [1.54, 1.807) is 17.2 Å². The Hall–Kier alpha value is -2.06. The molecule has 0 N–H and O–H groups in total. The van der Waals surface area contributed by atoms with Crippen LogP contribution in [0.15, 0.2) is 23.3 Å². The van der Waals surface area contributed by atoms with Crippen molar-refractivity contribution in [3.63, 3.8) is 0 Å². The molecular weight excluding hydrogens is 326 g/mol. The highest BCUT2D eigenvalue weighted by molar-refractivity contribution is 7.07. The molecule has 1 atom stereocenters. The van der Waals surface area contributed by atoms with Crippen LogP contribution < -0.4 is 4.90 Å². The molecule has 0 aromatic carbocycles. The van der Waals surface area contributed by atoms with Gasteiger partial charge in [0.05, 0.1) is 18.7 Å². The lowest BCUT2D eigenvalue weighted by atomic mass is 10.0. The molecule has 8 heteroatoms. The summed E-state index contributed by atoms with van der Waals surface area (Å²) in [7, 11) is 3.91. The second-order valence-corrected chi connectivity index (χ2v) is 6.75. The van der Waals surface area contributed by atoms with Crippen LogP contribution in [0, 0.1) is 5.92 Å². The predicted molar refractivity (Wildman–Crippen MR) is 92.4 cm³/mol. The van der Waals surface area contributed by atoms with Crippen molar-refractivity contribution in [2.75, 3.05) is 45.3 Å². The van der Waals surface area contributed by atoms with Crippen LogP contribution in [-0.2, 0) is 11.2 Å². The molecule has 3 rings (SSSR count). The van der Waals surface area contributed by atoms with E-state index in [1.807, 2.05) is 30.0 Å². The average molecular weight is 347 g/mol. The van der Waals surface area contributed by atoms with Gasteiger partial charge in [0.2, 0.25) is 0 Å². The molecule has 0 saturated carbocycles. The van der Waals surface area contributed by atoms with Crippen LogP contribution in [-0.4, -0.2) is 66.2 Å². The maximum atomic E-state index is 12.5. The Morgan fingerprint density at radius 1 is 1.42 bits per heavy atom. The van der Waals surface area contributed by atoms with Gasteiger partial charge < -0.3 is 14.5 Å². The van der Waals surface area contributed by atoms with Crippen molar-refractivity contribution in [3.8, 4) is 0 Å². The smallest absolute Gasteiger partial charge is 0.273 e. The van der Waals surface area contributed by atoms with Crippen LogP contribution in [0.4, 0.5) is 5.82 Å². The Labute approximate surface area is 145 Å². The van der Waals surface area contributed by atoms with E-state index in [-0.39, 0.29) is 11.8 Å². The summed E-state index contributed by atoms with van der Waals surface area (Å²) < 4.78 is 5.69. The lowest BCUT2D eigenvalue weighted by Crippen LogP contribution is -2.36. The van der Waals surface area contributed by atoms with Gasteiger partial charge in [0.15, 0.2) is 0 Å². The van der Waals surface area contributed by atoms with Crippen molar-refractivity contribution >= 4 is 23.1 Å². The number of carbonyl (C=O) groups is 1. The summed E-state index contributed by atoms with van der Waals surface area (Å²) in [5.41, 5.74) is 3.16. The molecule has 1 amide bonds. The Kier molecular flexibility index (Phi) is 5.37. The van der Waals surface area contributed by atoms with Gasteiger partial charge in [0.1, 0.15) is 17.8 Å². The number of amides is 1. The van der Waals surface area contributed by atoms with E-state index in [0.717, 1.165) is 17.9 Å². The van der Waals surface area contributed by atoms with E-state index in [4.69, 9.17) is 4.74 Å². The molecule has 0 bridgehead atoms. The van der Waals surface area contributed by atoms with E-state index < -0.39 is 0 Å². The van der Waals surface area contributed by atoms with Gasteiger partial charge in [0, 0.05) is 50.2 Å². The minimum Gasteiger partial charge on any atom is -0.379 e. The van der Waals surface area contributed by atoms with E-state index in [2.05, 4.69) is 15.0 Å². The molecule has 0 unspecified atom stereocenters. The zero-order valence-corrected chi connectivity index (χ0v) is 14.7. The first-order valence-electron chi connectivity index (χ1n) is 7.87. The maximum absolute atomic E-state index is 12.5. The summed E-state index contributed by atoms with van der Waals surface area (Å²) in [6.07, 6.45) is 2.34. The first-order chi connectivity index (χ1) is 11.6. The third-order valence-corrected chi connectivity index (χ3v) is 4.53. The summed E-state index contributed by atoms with van der Waals surface area (Å²) >= 11 is 1.43. The van der Waals surface area contributed by atoms with Gasteiger partial charge >= 0.3 is 0 Å². The number of hydrogen-bond acceptors (Lipinski definition) is 7. The van der Waals surface area contributed by atoms with Crippen molar-refractivity contribution in [1.82, 2.24) is 19.9 Å². The van der Waals surface area contributed by atoms with E-state index in [1.165, 1.54) is 11.3 Å². The van der Waals surface area contributed by atoms with Gasteiger partial charge in [-0.15, -0.1) is 11.3 Å². The second kappa shape index (κ2) is 7.67. The highest BCUT2D eigenvalue weighted by Gasteiger charge is 2.25. The van der Waals surface area contributed by atoms with Gasteiger partial charge in [-0.3, -0.25) is 4.79 Å². The van der Waals surface area contributed by atoms with Crippen molar-refractivity contribution in [2.24, 2.45) is 5.92 Å². The number of aromatic nitrogens is 3. The summed E-state index contributed by atoms with van der Waals surface area (Å²) in [6.45, 7) is 2.43. The molecule has 2 aromatic heterocycles. The van der Waals surface area contributed by atoms with E-state index in [9.17, 15) is 4.79 Å². The van der Waals surface area contributed by atoms with Crippen LogP contribution in [0.25, 0.3) is 0 Å². The topological polar surface area (TPSA) is 71.5 Å². The molecule has 1 aliphatic rings. The summed E-state index contributed by atoms with van der Waals surface area (Å²) in [6, 6.07) is 1.98. The Morgan fingerprint density at radius 3 is 3.04 bits per heavy atom. The predicted octanol–water partition coefficient (Wildman–Crippen LogP) is 1.33. The average Bonchev–Trinajstić information content (AvgIpc) is 3.02. The number of nitrogens with zero attached hydrogens (tertiary/aromatic N) is 5. The molecule has 128 valence electrons. The zero-order valence-electron chi connectivity index (χ0n) is 13.9. The first-order valence-corrected chi connectivity index (χ1v) is 8.81. The van der Waals surface area contributed by atoms with Crippen molar-refractivity contribution in [1.29, 1.82) is 0 Å². The molecule has 1 aliphatic heterocycles. The highest BCUT2D eigenvalue weighted by Crippen LogP contribution is 2.17. The molecule has 0 spiro atoms. The van der Waals surface area contributed by atoms with Gasteiger partial charge in [-0.1, -0.05) is 0 Å². The third kappa shape index (κ3) is 4.07. The molecule has 7 nitrogen and oxygen atoms in total. The largest absolute Gasteiger partial charge is 0.379 e. The van der Waals surface area contributed by atoms with Gasteiger partial charge in [-0.2, -0.15) is 0 Å². The minimum atomic E-state index is -0.0246. The number of thiazole rings is 1. The molecule has 1 fully saturated rings. The standard InChI is InChI=1S/C16H21N5O2S/c1-20(2)15-6-13(17-10-18-15)5-12-7-21(3-4-23-8-12)16(22)14-9-24-11-19-14/h6,9-12H,3-5,7-8H2,1-2H3/t12-/m1/s1. The second-order valence-electron chi connectivity index (χ2n) is 6.03. The molecule has 0 aliphatic carbocycles. The van der Waals surface area contributed by atoms with Crippen LogP contribution in [0.3, 0.4) is 0 Å². The highest BCUT2D eigenvalue weighted by atomic mass is 32.1. The molecule has 3 heterocycles. The summed E-state index contributed by atoms with van der Waals surface area (Å²) in [5, 5.41) is 1.79. The third-order valence-electron chi connectivity index (χ3n) is 3.94. The molecule has 24 heavy (non-hydrogen) atoms. The Bertz CT molecular complexity index is 677. The van der Waals surface area contributed by atoms with Crippen LogP contribution in [0.2, 0.25) is 0 Å². The van der Waals surface area contributed by atoms with Gasteiger partial charge in [-0.25, -0.2) is 15.0 Å². The quantitative estimate of drug-likeness (QED) is 0.831. The zero-order chi connectivity index (χ0) is 16.9. The molecule has 0 radical (unpaired) electrons. The summed E-state index contributed by atoms with van der Waals surface area (Å²) in [5.74, 6) is 1.06. The monoisotopic (exact) mass is 347 g/mol. The van der Waals surface area contributed by atoms with E-state index >= 15 is 0 Å². The first kappa shape index (κ1) is 16.8. The van der Waals surface area contributed by atoms with Gasteiger partial charge in [-0.05, 0) is 6.42 Å². The molecule has 2 aromatic rings. The maximum Gasteiger partial charge on any atom is 0.273 e. The SMILES string of the molecule is CN(C)c1cc(C[C@H]2COCCN(C(=O)c3cscn3)C2)ncn1. The Morgan fingerprint density at radius 2 is 2.29 bits per heavy atom. The number of anilines is 1. The van der Waals surface area contributed by atoms with Crippen LogP contribution >= 0.6 is 11.3 Å². The summed E-state index contributed by atoms with van der Waals surface area (Å²) in [4.78, 5) is 29.0. The van der Waals surface area contributed by atoms with Gasteiger partial charge in [0.25, 0.3) is 5.91 Å². The fourth-order valence-corrected chi connectivity index (χ4v) is 3.23. The molecule has 1 saturated heterocycles. The fraction of sp³-hybridized carbons (Fsp3) is 0.500. The lowest BCUT2D eigenvalue weighted by Gasteiger charge is -2.23.